The summed E-state index contributed by atoms with van der Waals surface area (Å²) in [7, 11) is 0. The average molecular weight is 363 g/mol. The number of halogens is 1. The van der Waals surface area contributed by atoms with Gasteiger partial charge in [0.1, 0.15) is 0 Å². The molecule has 1 N–H and O–H groups in total. The molecule has 8 heteroatoms. The minimum absolute atomic E-state index is 0. The van der Waals surface area contributed by atoms with E-state index in [1.807, 2.05) is 0 Å². The van der Waals surface area contributed by atoms with Crippen LogP contribution in [0.1, 0.15) is 57.7 Å². The maximum atomic E-state index is 12.3. The predicted octanol–water partition coefficient (Wildman–Crippen LogP) is 2.14. The number of rotatable bonds is 4. The molecule has 1 fully saturated rings. The second-order valence-corrected chi connectivity index (χ2v) is 6.11. The van der Waals surface area contributed by atoms with Crippen molar-refractivity contribution in [2.45, 2.75) is 31.7 Å². The summed E-state index contributed by atoms with van der Waals surface area (Å²) in [4.78, 5) is 30.3. The van der Waals surface area contributed by atoms with Crippen molar-refractivity contribution in [1.82, 2.24) is 20.4 Å². The third-order valence-corrected chi connectivity index (χ3v) is 4.53. The van der Waals surface area contributed by atoms with Gasteiger partial charge in [-0.2, -0.15) is 4.98 Å². The van der Waals surface area contributed by atoms with Crippen LogP contribution in [0.5, 0.6) is 0 Å². The molecule has 2 aromatic rings. The van der Waals surface area contributed by atoms with E-state index in [2.05, 4.69) is 15.5 Å². The van der Waals surface area contributed by atoms with Crippen LogP contribution >= 0.6 is 12.4 Å². The van der Waals surface area contributed by atoms with Crippen LogP contribution in [0.15, 0.2) is 28.8 Å². The van der Waals surface area contributed by atoms with Crippen molar-refractivity contribution in [2.24, 2.45) is 0 Å². The number of benzene rings is 1. The van der Waals surface area contributed by atoms with Crippen molar-refractivity contribution >= 4 is 24.2 Å². The van der Waals surface area contributed by atoms with E-state index in [0.717, 1.165) is 25.8 Å². The number of hydrogen-bond acceptors (Lipinski definition) is 6. The van der Waals surface area contributed by atoms with Gasteiger partial charge in [-0.1, -0.05) is 23.7 Å². The molecule has 0 aliphatic carbocycles. The summed E-state index contributed by atoms with van der Waals surface area (Å²) < 4.78 is 5.32. The molecule has 2 aliphatic heterocycles. The lowest BCUT2D eigenvalue weighted by Crippen LogP contribution is -2.32. The van der Waals surface area contributed by atoms with Crippen LogP contribution in [-0.4, -0.2) is 39.9 Å². The summed E-state index contributed by atoms with van der Waals surface area (Å²) in [5, 5.41) is 7.33. The van der Waals surface area contributed by atoms with Crippen molar-refractivity contribution in [2.75, 3.05) is 13.1 Å². The Labute approximate surface area is 151 Å². The van der Waals surface area contributed by atoms with Crippen molar-refractivity contribution in [1.29, 1.82) is 0 Å². The zero-order valence-electron chi connectivity index (χ0n) is 13.6. The minimum atomic E-state index is -0.256. The molecule has 7 nitrogen and oxygen atoms in total. The molecule has 2 aliphatic rings. The van der Waals surface area contributed by atoms with Crippen LogP contribution in [0.4, 0.5) is 0 Å². The summed E-state index contributed by atoms with van der Waals surface area (Å²) in [5.41, 5.74) is 0.922. The average Bonchev–Trinajstić information content (AvgIpc) is 3.19. The van der Waals surface area contributed by atoms with Gasteiger partial charge in [-0.05, 0) is 31.5 Å². The van der Waals surface area contributed by atoms with Gasteiger partial charge in [0.15, 0.2) is 5.82 Å². The Balaban J connectivity index is 0.00000182. The van der Waals surface area contributed by atoms with Gasteiger partial charge in [-0.3, -0.25) is 14.5 Å². The van der Waals surface area contributed by atoms with E-state index in [9.17, 15) is 9.59 Å². The highest BCUT2D eigenvalue weighted by molar-refractivity contribution is 6.21. The fourth-order valence-electron chi connectivity index (χ4n) is 3.23. The summed E-state index contributed by atoms with van der Waals surface area (Å²) in [5.74, 6) is 0.600. The van der Waals surface area contributed by atoms with Crippen LogP contribution in [0.3, 0.4) is 0 Å². The quantitative estimate of drug-likeness (QED) is 0.838. The van der Waals surface area contributed by atoms with Crippen LogP contribution in [0, 0.1) is 0 Å². The standard InChI is InChI=1S/C17H18N4O3.ClH/c22-16-11-5-1-2-6-12(11)17(23)21(16)10-8-14-19-15(24-20-14)13-7-3-4-9-18-13;/h1-2,5-6,13,18H,3-4,7-10H2;1H. The normalized spacial score (nSPS) is 19.7. The van der Waals surface area contributed by atoms with Crippen LogP contribution < -0.4 is 5.32 Å². The molecule has 1 unspecified atom stereocenters. The molecule has 0 bridgehead atoms. The zero-order chi connectivity index (χ0) is 16.5. The summed E-state index contributed by atoms with van der Waals surface area (Å²) in [6, 6.07) is 6.99. The molecule has 1 atom stereocenters. The first-order chi connectivity index (χ1) is 11.7. The Morgan fingerprint density at radius 1 is 1.16 bits per heavy atom. The van der Waals surface area contributed by atoms with Crippen molar-refractivity contribution < 1.29 is 14.1 Å². The van der Waals surface area contributed by atoms with E-state index in [4.69, 9.17) is 4.52 Å². The molecule has 0 saturated carbocycles. The van der Waals surface area contributed by atoms with Gasteiger partial charge in [0.05, 0.1) is 17.2 Å². The molecule has 132 valence electrons. The van der Waals surface area contributed by atoms with Gasteiger partial charge in [0.2, 0.25) is 5.89 Å². The van der Waals surface area contributed by atoms with Gasteiger partial charge < -0.3 is 9.84 Å². The molecule has 0 radical (unpaired) electrons. The SMILES string of the molecule is Cl.O=C1c2ccccc2C(=O)N1CCc1noc(C2CCCCN2)n1. The Hall–Kier alpha value is -2.25. The highest BCUT2D eigenvalue weighted by atomic mass is 35.5. The monoisotopic (exact) mass is 362 g/mol. The van der Waals surface area contributed by atoms with Gasteiger partial charge >= 0.3 is 0 Å². The molecule has 1 aromatic carbocycles. The molecular weight excluding hydrogens is 344 g/mol. The first-order valence-electron chi connectivity index (χ1n) is 8.25. The third kappa shape index (κ3) is 3.29. The fourth-order valence-corrected chi connectivity index (χ4v) is 3.23. The third-order valence-electron chi connectivity index (χ3n) is 4.53. The highest BCUT2D eigenvalue weighted by Crippen LogP contribution is 2.23. The lowest BCUT2D eigenvalue weighted by molar-refractivity contribution is 0.0655. The van der Waals surface area contributed by atoms with E-state index < -0.39 is 0 Å². The second kappa shape index (κ2) is 7.33. The number of fused-ring (bicyclic) bond motifs is 1. The van der Waals surface area contributed by atoms with Crippen molar-refractivity contribution in [3.8, 4) is 0 Å². The summed E-state index contributed by atoms with van der Waals surface area (Å²) in [6.45, 7) is 1.21. The molecule has 0 spiro atoms. The zero-order valence-corrected chi connectivity index (χ0v) is 14.4. The molecule has 2 amide bonds. The van der Waals surface area contributed by atoms with E-state index in [1.54, 1.807) is 24.3 Å². The molecule has 1 aromatic heterocycles. The molecular formula is C17H19ClN4O3. The van der Waals surface area contributed by atoms with Crippen molar-refractivity contribution in [3.05, 3.63) is 47.1 Å². The Kier molecular flexibility index (Phi) is 5.15. The lowest BCUT2D eigenvalue weighted by atomic mass is 10.1. The van der Waals surface area contributed by atoms with Crippen molar-refractivity contribution in [3.63, 3.8) is 0 Å². The number of nitrogens with zero attached hydrogens (tertiary/aromatic N) is 3. The predicted molar refractivity (Wildman–Crippen MR) is 91.7 cm³/mol. The van der Waals surface area contributed by atoms with Gasteiger partial charge in [-0.15, -0.1) is 12.4 Å². The summed E-state index contributed by atoms with van der Waals surface area (Å²) >= 11 is 0. The Morgan fingerprint density at radius 2 is 1.88 bits per heavy atom. The van der Waals surface area contributed by atoms with Gasteiger partial charge in [0.25, 0.3) is 11.8 Å². The maximum Gasteiger partial charge on any atom is 0.261 e. The highest BCUT2D eigenvalue weighted by Gasteiger charge is 2.35. The van der Waals surface area contributed by atoms with E-state index in [0.29, 0.717) is 29.3 Å². The largest absolute Gasteiger partial charge is 0.338 e. The minimum Gasteiger partial charge on any atom is -0.338 e. The number of amides is 2. The van der Waals surface area contributed by atoms with E-state index >= 15 is 0 Å². The number of carbonyl (C=O) groups excluding carboxylic acids is 2. The molecule has 1 saturated heterocycles. The first kappa shape index (κ1) is 17.6. The van der Waals surface area contributed by atoms with Gasteiger partial charge in [-0.25, -0.2) is 0 Å². The molecule has 4 rings (SSSR count). The van der Waals surface area contributed by atoms with Crippen LogP contribution in [-0.2, 0) is 6.42 Å². The van der Waals surface area contributed by atoms with Crippen LogP contribution in [0.2, 0.25) is 0 Å². The Morgan fingerprint density at radius 3 is 2.52 bits per heavy atom. The smallest absolute Gasteiger partial charge is 0.261 e. The number of aromatic nitrogens is 2. The topological polar surface area (TPSA) is 88.3 Å². The van der Waals surface area contributed by atoms with E-state index in [1.165, 1.54) is 4.90 Å². The second-order valence-electron chi connectivity index (χ2n) is 6.11. The number of piperidine rings is 1. The number of imide groups is 1. The number of carbonyl (C=O) groups is 2. The number of hydrogen-bond donors (Lipinski definition) is 1. The molecule has 25 heavy (non-hydrogen) atoms. The maximum absolute atomic E-state index is 12.3. The lowest BCUT2D eigenvalue weighted by Gasteiger charge is -2.19. The summed E-state index contributed by atoms with van der Waals surface area (Å²) in [6.07, 6.45) is 3.68. The van der Waals surface area contributed by atoms with Gasteiger partial charge in [0, 0.05) is 13.0 Å². The Bertz CT molecular complexity index is 751. The molecule has 3 heterocycles. The van der Waals surface area contributed by atoms with E-state index in [-0.39, 0.29) is 36.8 Å². The fraction of sp³-hybridized carbons (Fsp3) is 0.412. The first-order valence-corrected chi connectivity index (χ1v) is 8.25. The number of nitrogens with one attached hydrogen (secondary N) is 1. The van der Waals surface area contributed by atoms with Crippen LogP contribution in [0.25, 0.3) is 0 Å².